The molecule has 0 unspecified atom stereocenters. The summed E-state index contributed by atoms with van der Waals surface area (Å²) in [5.41, 5.74) is 3.42. The predicted molar refractivity (Wildman–Crippen MR) is 143 cm³/mol. The third-order valence-corrected chi connectivity index (χ3v) is 5.16. The minimum Gasteiger partial charge on any atom is -0.860 e. The molecule has 8 nitrogen and oxygen atoms in total. The zero-order valence-corrected chi connectivity index (χ0v) is 22.6. The summed E-state index contributed by atoms with van der Waals surface area (Å²) in [4.78, 5) is 22.9. The molecular formula is C30H28FeN2O6. The normalized spacial score (nSPS) is 12.3. The topological polar surface area (TPSA) is 123 Å². The second kappa shape index (κ2) is 15.7. The first kappa shape index (κ1) is 30.8. The summed E-state index contributed by atoms with van der Waals surface area (Å²) < 4.78 is 9.76. The van der Waals surface area contributed by atoms with E-state index < -0.39 is 0 Å². The van der Waals surface area contributed by atoms with Crippen LogP contribution in [-0.2, 0) is 26.5 Å². The Hall–Kier alpha value is -4.46. The van der Waals surface area contributed by atoms with Crippen molar-refractivity contribution in [2.24, 2.45) is 0 Å². The molecule has 39 heavy (non-hydrogen) atoms. The van der Waals surface area contributed by atoms with Gasteiger partial charge in [-0.2, -0.15) is 0 Å². The van der Waals surface area contributed by atoms with Gasteiger partial charge in [0, 0.05) is 11.4 Å². The maximum atomic E-state index is 11.8. The van der Waals surface area contributed by atoms with Crippen LogP contribution in [-0.4, -0.2) is 25.2 Å². The summed E-state index contributed by atoms with van der Waals surface area (Å²) >= 11 is 0. The summed E-state index contributed by atoms with van der Waals surface area (Å²) in [6.45, 7) is 4.20. The Morgan fingerprint density at radius 3 is 1.21 bits per heavy atom. The number of hydrogen-bond donors (Lipinski definition) is 2. The molecule has 0 bridgehead atoms. The Kier molecular flexibility index (Phi) is 12.4. The van der Waals surface area contributed by atoms with Gasteiger partial charge in [-0.1, -0.05) is 48.6 Å². The Morgan fingerprint density at radius 1 is 0.615 bits per heavy atom. The van der Waals surface area contributed by atoms with Crippen molar-refractivity contribution >= 4 is 23.3 Å². The van der Waals surface area contributed by atoms with Crippen molar-refractivity contribution in [1.82, 2.24) is 0 Å². The van der Waals surface area contributed by atoms with Crippen LogP contribution in [0.4, 0.5) is 11.4 Å². The molecule has 9 heteroatoms. The second-order valence-corrected chi connectivity index (χ2v) is 7.85. The molecule has 2 N–H and O–H groups in total. The summed E-state index contributed by atoms with van der Waals surface area (Å²) in [5, 5.41) is 29.1. The molecule has 202 valence electrons. The van der Waals surface area contributed by atoms with E-state index in [1.165, 1.54) is 0 Å². The van der Waals surface area contributed by atoms with Crippen molar-refractivity contribution in [1.29, 1.82) is 0 Å². The van der Waals surface area contributed by atoms with Gasteiger partial charge in [-0.3, -0.25) is 0 Å². The van der Waals surface area contributed by atoms with Crippen molar-refractivity contribution in [3.8, 4) is 0 Å². The van der Waals surface area contributed by atoms with E-state index in [1.807, 2.05) is 0 Å². The number of anilines is 2. The maximum absolute atomic E-state index is 11.8. The first-order valence-corrected chi connectivity index (χ1v) is 12.0. The van der Waals surface area contributed by atoms with Crippen LogP contribution in [0.5, 0.6) is 0 Å². The number of allylic oxidation sites excluding steroid dienone is 10. The molecule has 0 saturated heterocycles. The Balaban J connectivity index is 0.000000267. The number of benzene rings is 2. The van der Waals surface area contributed by atoms with E-state index in [0.717, 1.165) is 0 Å². The molecule has 2 aliphatic rings. The van der Waals surface area contributed by atoms with Crippen molar-refractivity contribution in [2.75, 3.05) is 23.8 Å². The second-order valence-electron chi connectivity index (χ2n) is 7.85. The van der Waals surface area contributed by atoms with Crippen molar-refractivity contribution in [2.45, 2.75) is 13.8 Å². The van der Waals surface area contributed by atoms with Crippen LogP contribution in [0.25, 0.3) is 0 Å². The summed E-state index contributed by atoms with van der Waals surface area (Å²) in [6.07, 6.45) is 14.2. The Bertz CT molecular complexity index is 1190. The smallest absolute Gasteiger partial charge is 0.860 e. The maximum Gasteiger partial charge on any atom is 2.00 e. The van der Waals surface area contributed by atoms with Crippen molar-refractivity contribution in [3.63, 3.8) is 0 Å². The third-order valence-electron chi connectivity index (χ3n) is 5.16. The number of esters is 2. The largest absolute Gasteiger partial charge is 2.00 e. The minimum absolute atomic E-state index is 0. The van der Waals surface area contributed by atoms with E-state index in [1.54, 1.807) is 111 Å². The van der Waals surface area contributed by atoms with Crippen LogP contribution in [0.1, 0.15) is 34.6 Å². The SMILES string of the molecule is CCOC(=O)c1ccc(NC([O-])=C2C=CC=C2)cc1.CCOC(=O)c1ccc(NC([O-])=C2C=CC=C2)cc1.[Fe+2]. The molecule has 0 amide bonds. The number of hydrogen-bond acceptors (Lipinski definition) is 8. The number of ether oxygens (including phenoxy) is 2. The Labute approximate surface area is 238 Å². The fourth-order valence-electron chi connectivity index (χ4n) is 3.27. The van der Waals surface area contributed by atoms with E-state index in [9.17, 15) is 19.8 Å². The molecule has 2 aromatic carbocycles. The third kappa shape index (κ3) is 9.41. The van der Waals surface area contributed by atoms with Crippen molar-refractivity contribution in [3.05, 3.63) is 131 Å². The molecule has 2 aliphatic carbocycles. The molecule has 0 atom stereocenters. The number of nitrogens with one attached hydrogen (secondary N) is 2. The number of carbonyl (C=O) groups excluding carboxylic acids is 2. The van der Waals surface area contributed by atoms with Gasteiger partial charge in [-0.25, -0.2) is 9.59 Å². The van der Waals surface area contributed by atoms with Crippen LogP contribution < -0.4 is 20.8 Å². The van der Waals surface area contributed by atoms with E-state index in [0.29, 0.717) is 46.9 Å². The van der Waals surface area contributed by atoms with Crippen LogP contribution in [0.2, 0.25) is 0 Å². The van der Waals surface area contributed by atoms with Gasteiger partial charge in [0.05, 0.1) is 24.3 Å². The quantitative estimate of drug-likeness (QED) is 0.279. The van der Waals surface area contributed by atoms with Crippen LogP contribution in [0.3, 0.4) is 0 Å². The van der Waals surface area contributed by atoms with Gasteiger partial charge in [-0.05, 0) is 85.3 Å². The Morgan fingerprint density at radius 2 is 0.923 bits per heavy atom. The molecule has 0 fully saturated rings. The summed E-state index contributed by atoms with van der Waals surface area (Å²) in [7, 11) is 0. The van der Waals surface area contributed by atoms with Crippen LogP contribution >= 0.6 is 0 Å². The predicted octanol–water partition coefficient (Wildman–Crippen LogP) is 3.94. The van der Waals surface area contributed by atoms with Crippen LogP contribution in [0.15, 0.2) is 120 Å². The standard InChI is InChI=1S/2C15H15NO3.Fe/c2*1-2-19-15(18)12-7-9-13(10-8-12)16-14(17)11-5-3-4-6-11;/h2*3-10,16-17H,2H2,1H3;/q;;+2/p-2. The first-order chi connectivity index (χ1) is 18.4. The van der Waals surface area contributed by atoms with E-state index in [-0.39, 0.29) is 40.8 Å². The van der Waals surface area contributed by atoms with Crippen LogP contribution in [0, 0.1) is 0 Å². The fourth-order valence-corrected chi connectivity index (χ4v) is 3.27. The number of rotatable bonds is 8. The van der Waals surface area contributed by atoms with Gasteiger partial charge in [0.1, 0.15) is 0 Å². The van der Waals surface area contributed by atoms with Crippen molar-refractivity contribution < 1.29 is 46.3 Å². The first-order valence-electron chi connectivity index (χ1n) is 12.0. The summed E-state index contributed by atoms with van der Waals surface area (Å²) in [6, 6.07) is 13.2. The van der Waals surface area contributed by atoms with E-state index in [4.69, 9.17) is 9.47 Å². The van der Waals surface area contributed by atoms with Gasteiger partial charge in [0.25, 0.3) is 0 Å². The number of carbonyl (C=O) groups is 2. The molecule has 4 rings (SSSR count). The molecule has 0 heterocycles. The summed E-state index contributed by atoms with van der Waals surface area (Å²) in [5.74, 6) is -1.07. The van der Waals surface area contributed by atoms with E-state index in [2.05, 4.69) is 10.6 Å². The van der Waals surface area contributed by atoms with Gasteiger partial charge < -0.3 is 30.3 Å². The molecule has 0 aromatic heterocycles. The molecule has 0 saturated carbocycles. The van der Waals surface area contributed by atoms with Gasteiger partial charge in [-0.15, -0.1) is 0 Å². The molecule has 0 spiro atoms. The molecule has 0 radical (unpaired) electrons. The minimum atomic E-state index is -0.364. The zero-order chi connectivity index (χ0) is 27.3. The average molecular weight is 568 g/mol. The molecular weight excluding hydrogens is 540 g/mol. The van der Waals surface area contributed by atoms with Gasteiger partial charge in [0.2, 0.25) is 0 Å². The van der Waals surface area contributed by atoms with E-state index >= 15 is 0 Å². The fraction of sp³-hybridized carbons (Fsp3) is 0.133. The average Bonchev–Trinajstić information content (AvgIpc) is 3.65. The van der Waals surface area contributed by atoms with Gasteiger partial charge in [0.15, 0.2) is 0 Å². The molecule has 0 aliphatic heterocycles. The van der Waals surface area contributed by atoms with Gasteiger partial charge >= 0.3 is 29.0 Å². The molecule has 2 aromatic rings. The zero-order valence-electron chi connectivity index (χ0n) is 21.5. The monoisotopic (exact) mass is 568 g/mol.